The lowest BCUT2D eigenvalue weighted by Crippen LogP contribution is -2.30. The van der Waals surface area contributed by atoms with E-state index >= 15 is 0 Å². The summed E-state index contributed by atoms with van der Waals surface area (Å²) in [6.07, 6.45) is 5.06. The van der Waals surface area contributed by atoms with Crippen LogP contribution in [0.2, 0.25) is 0 Å². The molecule has 0 unspecified atom stereocenters. The number of alkyl halides is 2. The number of amides is 1. The van der Waals surface area contributed by atoms with Gasteiger partial charge in [0, 0.05) is 6.54 Å². The molecule has 0 spiro atoms. The fourth-order valence-corrected chi connectivity index (χ4v) is 2.71. The Morgan fingerprint density at radius 2 is 2.04 bits per heavy atom. The van der Waals surface area contributed by atoms with Gasteiger partial charge in [0.1, 0.15) is 6.61 Å². The minimum absolute atomic E-state index is 0.0131. The lowest BCUT2D eigenvalue weighted by molar-refractivity contribution is -0.127. The average Bonchev–Trinajstić information content (AvgIpc) is 3.06. The van der Waals surface area contributed by atoms with Gasteiger partial charge in [0.15, 0.2) is 11.5 Å². The van der Waals surface area contributed by atoms with Crippen LogP contribution in [0.15, 0.2) is 18.2 Å². The Balaban J connectivity index is 1.75. The SMILES string of the molecule is COc1ccc(CCNC(=O)COC2CCCC2)cc1OC(F)F. The average molecular weight is 343 g/mol. The second-order valence-electron chi connectivity index (χ2n) is 5.68. The van der Waals surface area contributed by atoms with Crippen LogP contribution in [0.5, 0.6) is 11.5 Å². The van der Waals surface area contributed by atoms with Gasteiger partial charge in [-0.25, -0.2) is 0 Å². The van der Waals surface area contributed by atoms with Gasteiger partial charge in [0.25, 0.3) is 0 Å². The summed E-state index contributed by atoms with van der Waals surface area (Å²) >= 11 is 0. The maximum Gasteiger partial charge on any atom is 0.387 e. The predicted octanol–water partition coefficient (Wildman–Crippen LogP) is 2.91. The fourth-order valence-electron chi connectivity index (χ4n) is 2.71. The van der Waals surface area contributed by atoms with Crippen LogP contribution in [0.25, 0.3) is 0 Å². The summed E-state index contributed by atoms with van der Waals surface area (Å²) in [5.41, 5.74) is 0.767. The second kappa shape index (κ2) is 9.42. The number of halogens is 2. The first-order valence-corrected chi connectivity index (χ1v) is 8.08. The zero-order valence-electron chi connectivity index (χ0n) is 13.7. The summed E-state index contributed by atoms with van der Waals surface area (Å²) in [4.78, 5) is 11.7. The normalized spacial score (nSPS) is 14.8. The van der Waals surface area contributed by atoms with Crippen molar-refractivity contribution in [3.8, 4) is 11.5 Å². The molecule has 2 rings (SSSR count). The van der Waals surface area contributed by atoms with Gasteiger partial charge in [-0.05, 0) is 37.0 Å². The van der Waals surface area contributed by atoms with Crippen molar-refractivity contribution in [1.29, 1.82) is 0 Å². The molecule has 0 atom stereocenters. The molecule has 5 nitrogen and oxygen atoms in total. The van der Waals surface area contributed by atoms with Gasteiger partial charge in [-0.15, -0.1) is 0 Å². The summed E-state index contributed by atoms with van der Waals surface area (Å²) in [7, 11) is 1.39. The molecule has 1 saturated carbocycles. The quantitative estimate of drug-likeness (QED) is 0.749. The number of methoxy groups -OCH3 is 1. The first-order valence-electron chi connectivity index (χ1n) is 8.08. The number of carbonyl (C=O) groups is 1. The van der Waals surface area contributed by atoms with Crippen LogP contribution in [0.4, 0.5) is 8.78 Å². The van der Waals surface area contributed by atoms with E-state index in [1.165, 1.54) is 13.2 Å². The Labute approximate surface area is 140 Å². The van der Waals surface area contributed by atoms with Crippen molar-refractivity contribution in [2.45, 2.75) is 44.8 Å². The summed E-state index contributed by atoms with van der Waals surface area (Å²) in [5.74, 6) is 0.0633. The lowest BCUT2D eigenvalue weighted by Gasteiger charge is -2.13. The second-order valence-corrected chi connectivity index (χ2v) is 5.68. The van der Waals surface area contributed by atoms with E-state index in [2.05, 4.69) is 10.1 Å². The Morgan fingerprint density at radius 1 is 1.29 bits per heavy atom. The molecule has 1 aromatic carbocycles. The molecule has 0 heterocycles. The molecule has 0 radical (unpaired) electrons. The molecule has 1 aromatic rings. The number of carbonyl (C=O) groups excluding carboxylic acids is 1. The maximum atomic E-state index is 12.4. The minimum atomic E-state index is -2.92. The van der Waals surface area contributed by atoms with Crippen LogP contribution in [0.3, 0.4) is 0 Å². The number of rotatable bonds is 9. The molecule has 1 amide bonds. The molecular formula is C17H23F2NO4. The van der Waals surface area contributed by atoms with Crippen molar-refractivity contribution in [2.75, 3.05) is 20.3 Å². The highest BCUT2D eigenvalue weighted by molar-refractivity contribution is 5.77. The van der Waals surface area contributed by atoms with Crippen molar-refractivity contribution in [2.24, 2.45) is 0 Å². The summed E-state index contributed by atoms with van der Waals surface area (Å²) in [6.45, 7) is -2.46. The number of nitrogens with one attached hydrogen (secondary N) is 1. The van der Waals surface area contributed by atoms with E-state index in [0.717, 1.165) is 31.2 Å². The van der Waals surface area contributed by atoms with Crippen LogP contribution >= 0.6 is 0 Å². The fraction of sp³-hybridized carbons (Fsp3) is 0.588. The zero-order chi connectivity index (χ0) is 17.4. The van der Waals surface area contributed by atoms with Crippen molar-refractivity contribution in [3.63, 3.8) is 0 Å². The summed E-state index contributed by atoms with van der Waals surface area (Å²) in [6, 6.07) is 4.81. The molecule has 0 aromatic heterocycles. The van der Waals surface area contributed by atoms with Gasteiger partial charge < -0.3 is 19.5 Å². The lowest BCUT2D eigenvalue weighted by atomic mass is 10.1. The van der Waals surface area contributed by atoms with Crippen molar-refractivity contribution >= 4 is 5.91 Å². The number of hydrogen-bond donors (Lipinski definition) is 1. The highest BCUT2D eigenvalue weighted by Gasteiger charge is 2.16. The van der Waals surface area contributed by atoms with Crippen LogP contribution in [-0.4, -0.2) is 38.9 Å². The number of ether oxygens (including phenoxy) is 3. The van der Waals surface area contributed by atoms with E-state index in [4.69, 9.17) is 9.47 Å². The Bertz CT molecular complexity index is 533. The van der Waals surface area contributed by atoms with E-state index < -0.39 is 6.61 Å². The molecular weight excluding hydrogens is 320 g/mol. The molecule has 0 bridgehead atoms. The van der Waals surface area contributed by atoms with Gasteiger partial charge >= 0.3 is 6.61 Å². The Morgan fingerprint density at radius 3 is 2.71 bits per heavy atom. The van der Waals surface area contributed by atoms with Crippen LogP contribution in [0.1, 0.15) is 31.2 Å². The third-order valence-corrected chi connectivity index (χ3v) is 3.93. The molecule has 1 aliphatic carbocycles. The van der Waals surface area contributed by atoms with E-state index in [1.54, 1.807) is 12.1 Å². The van der Waals surface area contributed by atoms with Gasteiger partial charge in [-0.1, -0.05) is 18.9 Å². The van der Waals surface area contributed by atoms with E-state index in [0.29, 0.717) is 13.0 Å². The van der Waals surface area contributed by atoms with Crippen molar-refractivity contribution < 1.29 is 27.8 Å². The van der Waals surface area contributed by atoms with Gasteiger partial charge in [-0.3, -0.25) is 4.79 Å². The number of hydrogen-bond acceptors (Lipinski definition) is 4. The molecule has 0 saturated heterocycles. The highest BCUT2D eigenvalue weighted by Crippen LogP contribution is 2.29. The molecule has 1 fully saturated rings. The molecule has 0 aliphatic heterocycles. The predicted molar refractivity (Wildman–Crippen MR) is 84.5 cm³/mol. The van der Waals surface area contributed by atoms with Crippen LogP contribution in [-0.2, 0) is 16.0 Å². The molecule has 24 heavy (non-hydrogen) atoms. The molecule has 134 valence electrons. The van der Waals surface area contributed by atoms with Crippen LogP contribution < -0.4 is 14.8 Å². The summed E-state index contributed by atoms with van der Waals surface area (Å²) < 4.78 is 39.7. The van der Waals surface area contributed by atoms with Crippen molar-refractivity contribution in [1.82, 2.24) is 5.32 Å². The maximum absolute atomic E-state index is 12.4. The largest absolute Gasteiger partial charge is 0.493 e. The molecule has 1 aliphatic rings. The first-order chi connectivity index (χ1) is 11.6. The van der Waals surface area contributed by atoms with Gasteiger partial charge in [0.2, 0.25) is 5.91 Å². The topological polar surface area (TPSA) is 56.8 Å². The van der Waals surface area contributed by atoms with E-state index in [1.807, 2.05) is 0 Å². The Kier molecular flexibility index (Phi) is 7.24. The van der Waals surface area contributed by atoms with E-state index in [-0.39, 0.29) is 30.1 Å². The van der Waals surface area contributed by atoms with Gasteiger partial charge in [-0.2, -0.15) is 8.78 Å². The third kappa shape index (κ3) is 5.96. The Hall–Kier alpha value is -1.89. The first kappa shape index (κ1) is 18.4. The van der Waals surface area contributed by atoms with Gasteiger partial charge in [0.05, 0.1) is 13.2 Å². The highest BCUT2D eigenvalue weighted by atomic mass is 19.3. The smallest absolute Gasteiger partial charge is 0.387 e. The van der Waals surface area contributed by atoms with E-state index in [9.17, 15) is 13.6 Å². The minimum Gasteiger partial charge on any atom is -0.493 e. The molecule has 1 N–H and O–H groups in total. The zero-order valence-corrected chi connectivity index (χ0v) is 13.7. The van der Waals surface area contributed by atoms with Crippen molar-refractivity contribution in [3.05, 3.63) is 23.8 Å². The number of benzene rings is 1. The molecule has 7 heteroatoms. The monoisotopic (exact) mass is 343 g/mol. The third-order valence-electron chi connectivity index (χ3n) is 3.93. The standard InChI is InChI=1S/C17H23F2NO4/c1-22-14-7-6-12(10-15(14)24-17(18)19)8-9-20-16(21)11-23-13-4-2-3-5-13/h6-7,10,13,17H,2-5,8-9,11H2,1H3,(H,20,21). The summed E-state index contributed by atoms with van der Waals surface area (Å²) in [5, 5.41) is 2.76. The van der Waals surface area contributed by atoms with Crippen LogP contribution in [0, 0.1) is 0 Å².